The third-order valence-electron chi connectivity index (χ3n) is 1.86. The van der Waals surface area contributed by atoms with Crippen LogP contribution in [0.1, 0.15) is 13.3 Å². The lowest BCUT2D eigenvalue weighted by Crippen LogP contribution is -2.38. The number of carbonyl (C=O) groups is 2. The van der Waals surface area contributed by atoms with Crippen molar-refractivity contribution in [1.29, 1.82) is 0 Å². The van der Waals surface area contributed by atoms with Gasteiger partial charge >= 0.3 is 5.97 Å². The van der Waals surface area contributed by atoms with Gasteiger partial charge in [0, 0.05) is 6.54 Å². The van der Waals surface area contributed by atoms with Crippen molar-refractivity contribution in [3.05, 3.63) is 6.33 Å². The van der Waals surface area contributed by atoms with E-state index in [0.717, 1.165) is 0 Å². The van der Waals surface area contributed by atoms with Gasteiger partial charge in [-0.3, -0.25) is 9.59 Å². The molecular formula is C8H13N5O3. The summed E-state index contributed by atoms with van der Waals surface area (Å²) in [6.07, 6.45) is 2.01. The van der Waals surface area contributed by atoms with E-state index in [0.29, 0.717) is 13.0 Å². The molecule has 1 heterocycles. The lowest BCUT2D eigenvalue weighted by Gasteiger charge is -2.19. The van der Waals surface area contributed by atoms with E-state index >= 15 is 0 Å². The average Bonchev–Trinajstić information content (AvgIpc) is 2.69. The molecule has 1 amide bonds. The van der Waals surface area contributed by atoms with Crippen molar-refractivity contribution < 1.29 is 14.7 Å². The van der Waals surface area contributed by atoms with E-state index < -0.39 is 5.97 Å². The molecule has 1 aromatic heterocycles. The Morgan fingerprint density at radius 2 is 2.25 bits per heavy atom. The van der Waals surface area contributed by atoms with Gasteiger partial charge in [0.05, 0.1) is 0 Å². The number of rotatable bonds is 6. The number of carboxylic acids is 1. The highest BCUT2D eigenvalue weighted by Crippen LogP contribution is 1.95. The fraction of sp³-hybridized carbons (Fsp3) is 0.625. The van der Waals surface area contributed by atoms with Crippen LogP contribution in [0, 0.1) is 0 Å². The third-order valence-corrected chi connectivity index (χ3v) is 1.86. The summed E-state index contributed by atoms with van der Waals surface area (Å²) in [5.41, 5.74) is 0. The van der Waals surface area contributed by atoms with Crippen molar-refractivity contribution in [2.45, 2.75) is 19.9 Å². The zero-order chi connectivity index (χ0) is 12.0. The number of hydrogen-bond acceptors (Lipinski definition) is 5. The number of hydrogen-bond donors (Lipinski definition) is 1. The summed E-state index contributed by atoms with van der Waals surface area (Å²) >= 11 is 0. The summed E-state index contributed by atoms with van der Waals surface area (Å²) in [6, 6.07) is 0. The molecule has 0 aliphatic carbocycles. The van der Waals surface area contributed by atoms with Crippen molar-refractivity contribution in [1.82, 2.24) is 25.1 Å². The van der Waals surface area contributed by atoms with Crippen molar-refractivity contribution in [3.63, 3.8) is 0 Å². The van der Waals surface area contributed by atoms with E-state index in [1.165, 1.54) is 15.9 Å². The molecule has 0 spiro atoms. The molecule has 0 aliphatic rings. The molecule has 0 unspecified atom stereocenters. The van der Waals surface area contributed by atoms with Crippen LogP contribution in [-0.2, 0) is 16.1 Å². The second kappa shape index (κ2) is 5.79. The lowest BCUT2D eigenvalue weighted by atomic mass is 10.3. The van der Waals surface area contributed by atoms with Crippen LogP contribution in [0.3, 0.4) is 0 Å². The zero-order valence-corrected chi connectivity index (χ0v) is 8.91. The van der Waals surface area contributed by atoms with Crippen molar-refractivity contribution in [3.8, 4) is 0 Å². The average molecular weight is 227 g/mol. The Bertz CT molecular complexity index is 351. The first-order chi connectivity index (χ1) is 7.63. The standard InChI is InChI=1S/C8H13N5O3/c1-2-3-12(5-8(15)16)7(14)4-13-6-9-10-11-13/h6H,2-5H2,1H3,(H,15,16). The maximum Gasteiger partial charge on any atom is 0.323 e. The maximum absolute atomic E-state index is 11.7. The van der Waals surface area contributed by atoms with Crippen molar-refractivity contribution in [2.24, 2.45) is 0 Å². The summed E-state index contributed by atoms with van der Waals surface area (Å²) in [5, 5.41) is 19.0. The minimum Gasteiger partial charge on any atom is -0.480 e. The predicted molar refractivity (Wildman–Crippen MR) is 52.3 cm³/mol. The second-order valence-electron chi connectivity index (χ2n) is 3.22. The van der Waals surface area contributed by atoms with Crippen LogP contribution in [0.5, 0.6) is 0 Å². The highest BCUT2D eigenvalue weighted by molar-refractivity contribution is 5.81. The Balaban J connectivity index is 2.56. The van der Waals surface area contributed by atoms with Gasteiger partial charge in [-0.2, -0.15) is 0 Å². The first kappa shape index (κ1) is 12.1. The van der Waals surface area contributed by atoms with Gasteiger partial charge in [-0.15, -0.1) is 5.10 Å². The van der Waals surface area contributed by atoms with Crippen LogP contribution in [0.2, 0.25) is 0 Å². The second-order valence-corrected chi connectivity index (χ2v) is 3.22. The summed E-state index contributed by atoms with van der Waals surface area (Å²) in [7, 11) is 0. The Hall–Kier alpha value is -1.99. The quantitative estimate of drug-likeness (QED) is 0.668. The molecule has 0 aliphatic heterocycles. The molecule has 88 valence electrons. The monoisotopic (exact) mass is 227 g/mol. The normalized spacial score (nSPS) is 10.1. The molecule has 0 saturated heterocycles. The molecule has 1 aromatic rings. The van der Waals surface area contributed by atoms with Gasteiger partial charge in [0.1, 0.15) is 19.4 Å². The third kappa shape index (κ3) is 3.64. The molecule has 1 N–H and O–H groups in total. The maximum atomic E-state index is 11.7. The summed E-state index contributed by atoms with van der Waals surface area (Å²) in [5.74, 6) is -1.34. The highest BCUT2D eigenvalue weighted by atomic mass is 16.4. The summed E-state index contributed by atoms with van der Waals surface area (Å²) in [6.45, 7) is 1.95. The molecule has 0 aromatic carbocycles. The molecule has 0 bridgehead atoms. The molecule has 16 heavy (non-hydrogen) atoms. The van der Waals surface area contributed by atoms with Crippen LogP contribution in [0.4, 0.5) is 0 Å². The molecule has 0 saturated carbocycles. The van der Waals surface area contributed by atoms with Gasteiger partial charge in [-0.1, -0.05) is 6.92 Å². The fourth-order valence-corrected chi connectivity index (χ4v) is 1.22. The van der Waals surface area contributed by atoms with E-state index in [-0.39, 0.29) is 19.0 Å². The summed E-state index contributed by atoms with van der Waals surface area (Å²) < 4.78 is 1.26. The first-order valence-electron chi connectivity index (χ1n) is 4.83. The fourth-order valence-electron chi connectivity index (χ4n) is 1.22. The largest absolute Gasteiger partial charge is 0.480 e. The summed E-state index contributed by atoms with van der Waals surface area (Å²) in [4.78, 5) is 23.5. The SMILES string of the molecule is CCCN(CC(=O)O)C(=O)Cn1cnnn1. The first-order valence-corrected chi connectivity index (χ1v) is 4.83. The Labute approximate surface area is 91.8 Å². The molecule has 8 heteroatoms. The number of aliphatic carboxylic acids is 1. The zero-order valence-electron chi connectivity index (χ0n) is 8.91. The Morgan fingerprint density at radius 3 is 2.75 bits per heavy atom. The van der Waals surface area contributed by atoms with Gasteiger partial charge < -0.3 is 10.0 Å². The van der Waals surface area contributed by atoms with E-state index in [2.05, 4.69) is 15.5 Å². The van der Waals surface area contributed by atoms with Gasteiger partial charge in [-0.05, 0) is 16.8 Å². The number of tetrazole rings is 1. The van der Waals surface area contributed by atoms with Gasteiger partial charge in [0.2, 0.25) is 5.91 Å². The topological polar surface area (TPSA) is 101 Å². The van der Waals surface area contributed by atoms with Crippen LogP contribution >= 0.6 is 0 Å². The minimum absolute atomic E-state index is 0.0414. The van der Waals surface area contributed by atoms with Gasteiger partial charge in [-0.25, -0.2) is 4.68 Å². The van der Waals surface area contributed by atoms with Crippen molar-refractivity contribution >= 4 is 11.9 Å². The Morgan fingerprint density at radius 1 is 1.50 bits per heavy atom. The number of carboxylic acid groups (broad SMARTS) is 1. The smallest absolute Gasteiger partial charge is 0.323 e. The number of aromatic nitrogens is 4. The highest BCUT2D eigenvalue weighted by Gasteiger charge is 2.16. The van der Waals surface area contributed by atoms with Gasteiger partial charge in [0.25, 0.3) is 0 Å². The molecule has 0 radical (unpaired) electrons. The van der Waals surface area contributed by atoms with E-state index in [1.54, 1.807) is 0 Å². The van der Waals surface area contributed by atoms with E-state index in [1.807, 2.05) is 6.92 Å². The minimum atomic E-state index is -1.03. The number of carbonyl (C=O) groups excluding carboxylic acids is 1. The molecule has 0 fully saturated rings. The Kier molecular flexibility index (Phi) is 4.37. The van der Waals surface area contributed by atoms with Gasteiger partial charge in [0.15, 0.2) is 0 Å². The van der Waals surface area contributed by atoms with Crippen LogP contribution in [0.15, 0.2) is 6.33 Å². The van der Waals surface area contributed by atoms with Crippen LogP contribution in [0.25, 0.3) is 0 Å². The van der Waals surface area contributed by atoms with E-state index in [4.69, 9.17) is 5.11 Å². The molecule has 8 nitrogen and oxygen atoms in total. The lowest BCUT2D eigenvalue weighted by molar-refractivity contribution is -0.144. The molecular weight excluding hydrogens is 214 g/mol. The van der Waals surface area contributed by atoms with Crippen LogP contribution in [-0.4, -0.2) is 55.2 Å². The van der Waals surface area contributed by atoms with E-state index in [9.17, 15) is 9.59 Å². The molecule has 1 rings (SSSR count). The number of amides is 1. The van der Waals surface area contributed by atoms with Crippen molar-refractivity contribution in [2.75, 3.05) is 13.1 Å². The number of nitrogens with zero attached hydrogens (tertiary/aromatic N) is 5. The van der Waals surface area contributed by atoms with Crippen LogP contribution < -0.4 is 0 Å². The predicted octanol–water partition coefficient (Wildman–Crippen LogP) is -1.00. The molecule has 0 atom stereocenters.